The number of carbonyl (C=O) groups is 1. The zero-order valence-electron chi connectivity index (χ0n) is 11.0. The minimum atomic E-state index is -1.15. The van der Waals surface area contributed by atoms with Gasteiger partial charge in [-0.1, -0.05) is 30.3 Å². The number of nitrogens with zero attached hydrogens (tertiary/aromatic N) is 1. The Balaban J connectivity index is 2.20. The summed E-state index contributed by atoms with van der Waals surface area (Å²) in [6.45, 7) is 1.91. The van der Waals surface area contributed by atoms with E-state index < -0.39 is 6.09 Å². The normalized spacial score (nSPS) is 9.85. The van der Waals surface area contributed by atoms with Crippen LogP contribution in [-0.4, -0.2) is 22.8 Å². The second kappa shape index (κ2) is 6.47. The lowest BCUT2D eigenvalue weighted by atomic mass is 10.3. The number of para-hydroxylation sites is 3. The first-order valence-corrected chi connectivity index (χ1v) is 6.21. The van der Waals surface area contributed by atoms with Crippen LogP contribution in [0.15, 0.2) is 54.6 Å². The van der Waals surface area contributed by atoms with Gasteiger partial charge in [0.2, 0.25) is 0 Å². The maximum absolute atomic E-state index is 11.0. The van der Waals surface area contributed by atoms with Gasteiger partial charge in [-0.15, -0.1) is 5.06 Å². The second-order valence-electron chi connectivity index (χ2n) is 3.93. The number of carboxylic acid groups (broad SMARTS) is 1. The van der Waals surface area contributed by atoms with Crippen LogP contribution >= 0.6 is 0 Å². The molecule has 5 nitrogen and oxygen atoms in total. The number of hydrogen-bond acceptors (Lipinski definition) is 3. The lowest BCUT2D eigenvalue weighted by Crippen LogP contribution is -2.32. The standard InChI is InChI=1S/C15H15NO4/c1-2-16(15(17)18)20-14-11-7-6-10-13(14)19-12-8-4-3-5-9-12/h3-11H,2H2,1H3,(H,17,18). The van der Waals surface area contributed by atoms with Crippen molar-refractivity contribution in [3.63, 3.8) is 0 Å². The Kier molecular flexibility index (Phi) is 4.44. The van der Waals surface area contributed by atoms with E-state index in [1.54, 1.807) is 31.2 Å². The number of amides is 1. The molecule has 0 saturated carbocycles. The van der Waals surface area contributed by atoms with E-state index in [1.165, 1.54) is 0 Å². The fourth-order valence-corrected chi connectivity index (χ4v) is 1.58. The Hall–Kier alpha value is -2.69. The molecule has 0 aliphatic heterocycles. The van der Waals surface area contributed by atoms with E-state index >= 15 is 0 Å². The highest BCUT2D eigenvalue weighted by atomic mass is 16.7. The van der Waals surface area contributed by atoms with Crippen LogP contribution in [0.2, 0.25) is 0 Å². The van der Waals surface area contributed by atoms with Crippen molar-refractivity contribution in [1.29, 1.82) is 0 Å². The van der Waals surface area contributed by atoms with Crippen molar-refractivity contribution in [2.45, 2.75) is 6.92 Å². The van der Waals surface area contributed by atoms with Gasteiger partial charge in [-0.05, 0) is 31.2 Å². The largest absolute Gasteiger partial charge is 0.463 e. The predicted octanol–water partition coefficient (Wildman–Crippen LogP) is 3.77. The number of benzene rings is 2. The topological polar surface area (TPSA) is 59.0 Å². The van der Waals surface area contributed by atoms with Gasteiger partial charge in [0, 0.05) is 0 Å². The minimum Gasteiger partial charge on any atom is -0.463 e. The first-order chi connectivity index (χ1) is 9.70. The molecule has 0 aliphatic rings. The maximum Gasteiger partial charge on any atom is 0.440 e. The fraction of sp³-hybridized carbons (Fsp3) is 0.133. The van der Waals surface area contributed by atoms with Gasteiger partial charge < -0.3 is 14.7 Å². The molecule has 0 unspecified atom stereocenters. The molecule has 5 heteroatoms. The quantitative estimate of drug-likeness (QED) is 0.842. The van der Waals surface area contributed by atoms with Gasteiger partial charge in [-0.2, -0.15) is 0 Å². The molecule has 0 atom stereocenters. The summed E-state index contributed by atoms with van der Waals surface area (Å²) in [5.41, 5.74) is 0. The molecule has 0 aromatic heterocycles. The Labute approximate surface area is 116 Å². The summed E-state index contributed by atoms with van der Waals surface area (Å²) in [6.07, 6.45) is -1.15. The van der Waals surface area contributed by atoms with Crippen LogP contribution < -0.4 is 9.57 Å². The van der Waals surface area contributed by atoms with Crippen LogP contribution in [0.25, 0.3) is 0 Å². The minimum absolute atomic E-state index is 0.217. The molecule has 2 aromatic carbocycles. The molecule has 0 saturated heterocycles. The van der Waals surface area contributed by atoms with Crippen molar-refractivity contribution in [2.75, 3.05) is 6.54 Å². The second-order valence-corrected chi connectivity index (χ2v) is 3.93. The Morgan fingerprint density at radius 1 is 1.05 bits per heavy atom. The van der Waals surface area contributed by atoms with Gasteiger partial charge >= 0.3 is 6.09 Å². The van der Waals surface area contributed by atoms with Gasteiger partial charge in [0.25, 0.3) is 0 Å². The molecule has 1 amide bonds. The number of hydroxylamine groups is 2. The average Bonchev–Trinajstić information content (AvgIpc) is 2.47. The molecular weight excluding hydrogens is 258 g/mol. The van der Waals surface area contributed by atoms with E-state index in [9.17, 15) is 4.79 Å². The van der Waals surface area contributed by atoms with Crippen molar-refractivity contribution in [1.82, 2.24) is 5.06 Å². The first kappa shape index (κ1) is 13.7. The predicted molar refractivity (Wildman–Crippen MR) is 74.0 cm³/mol. The molecule has 0 fully saturated rings. The van der Waals surface area contributed by atoms with Gasteiger partial charge in [-0.25, -0.2) is 4.79 Å². The van der Waals surface area contributed by atoms with Crippen LogP contribution in [0.1, 0.15) is 6.92 Å². The molecule has 0 aliphatic carbocycles. The number of ether oxygens (including phenoxy) is 1. The smallest absolute Gasteiger partial charge is 0.440 e. The van der Waals surface area contributed by atoms with E-state index in [2.05, 4.69) is 0 Å². The van der Waals surface area contributed by atoms with E-state index in [4.69, 9.17) is 14.7 Å². The zero-order valence-corrected chi connectivity index (χ0v) is 11.0. The molecule has 1 N–H and O–H groups in total. The summed E-state index contributed by atoms with van der Waals surface area (Å²) < 4.78 is 5.69. The van der Waals surface area contributed by atoms with Crippen LogP contribution in [-0.2, 0) is 0 Å². The molecule has 0 bridgehead atoms. The Morgan fingerprint density at radius 3 is 2.25 bits per heavy atom. The van der Waals surface area contributed by atoms with Crippen molar-refractivity contribution in [2.24, 2.45) is 0 Å². The molecule has 0 spiro atoms. The summed E-state index contributed by atoms with van der Waals surface area (Å²) in [5.74, 6) is 1.46. The van der Waals surface area contributed by atoms with Crippen molar-refractivity contribution >= 4 is 6.09 Å². The van der Waals surface area contributed by atoms with E-state index in [-0.39, 0.29) is 6.54 Å². The number of hydrogen-bond donors (Lipinski definition) is 1. The lowest BCUT2D eigenvalue weighted by molar-refractivity contribution is -0.0329. The summed E-state index contributed by atoms with van der Waals surface area (Å²) in [6, 6.07) is 16.1. The highest BCUT2D eigenvalue weighted by molar-refractivity contribution is 5.64. The molecule has 2 rings (SSSR count). The van der Waals surface area contributed by atoms with E-state index in [0.29, 0.717) is 17.2 Å². The third kappa shape index (κ3) is 3.41. The number of rotatable bonds is 5. The Bertz CT molecular complexity index is 571. The lowest BCUT2D eigenvalue weighted by Gasteiger charge is -2.19. The van der Waals surface area contributed by atoms with Gasteiger partial charge in [-0.3, -0.25) is 0 Å². The molecule has 0 heterocycles. The van der Waals surface area contributed by atoms with Crippen molar-refractivity contribution < 1.29 is 19.5 Å². The molecule has 0 radical (unpaired) electrons. The highest BCUT2D eigenvalue weighted by Crippen LogP contribution is 2.31. The van der Waals surface area contributed by atoms with Crippen LogP contribution in [0.3, 0.4) is 0 Å². The van der Waals surface area contributed by atoms with Gasteiger partial charge in [0.05, 0.1) is 6.54 Å². The summed E-state index contributed by atoms with van der Waals surface area (Å²) in [5, 5.41) is 9.82. The van der Waals surface area contributed by atoms with Gasteiger partial charge in [0.15, 0.2) is 11.5 Å². The van der Waals surface area contributed by atoms with Gasteiger partial charge in [0.1, 0.15) is 5.75 Å². The fourth-order valence-electron chi connectivity index (χ4n) is 1.58. The van der Waals surface area contributed by atoms with Crippen LogP contribution in [0, 0.1) is 0 Å². The SMILES string of the molecule is CCN(Oc1ccccc1Oc1ccccc1)C(=O)O. The van der Waals surface area contributed by atoms with Crippen molar-refractivity contribution in [3.05, 3.63) is 54.6 Å². The molecular formula is C15H15NO4. The average molecular weight is 273 g/mol. The highest BCUT2D eigenvalue weighted by Gasteiger charge is 2.14. The monoisotopic (exact) mass is 273 g/mol. The first-order valence-electron chi connectivity index (χ1n) is 6.21. The molecule has 20 heavy (non-hydrogen) atoms. The van der Waals surface area contributed by atoms with Crippen LogP contribution in [0.5, 0.6) is 17.2 Å². The molecule has 2 aromatic rings. The third-order valence-corrected chi connectivity index (χ3v) is 2.53. The summed E-state index contributed by atoms with van der Waals surface area (Å²) >= 11 is 0. The Morgan fingerprint density at radius 2 is 1.65 bits per heavy atom. The van der Waals surface area contributed by atoms with Crippen LogP contribution in [0.4, 0.5) is 4.79 Å². The summed E-state index contributed by atoms with van der Waals surface area (Å²) in [4.78, 5) is 16.3. The maximum atomic E-state index is 11.0. The van der Waals surface area contributed by atoms with Crippen molar-refractivity contribution in [3.8, 4) is 17.2 Å². The van der Waals surface area contributed by atoms with E-state index in [1.807, 2.05) is 30.3 Å². The third-order valence-electron chi connectivity index (χ3n) is 2.53. The summed E-state index contributed by atoms with van der Waals surface area (Å²) in [7, 11) is 0. The van der Waals surface area contributed by atoms with E-state index in [0.717, 1.165) is 5.06 Å². The zero-order chi connectivity index (χ0) is 14.4. The molecule has 104 valence electrons.